The first-order valence-electron chi connectivity index (χ1n) is 25.9. The lowest BCUT2D eigenvalue weighted by atomic mass is 10.0. The molecule has 0 heterocycles. The van der Waals surface area contributed by atoms with Crippen molar-refractivity contribution in [2.24, 2.45) is 0 Å². The van der Waals surface area contributed by atoms with Gasteiger partial charge in [-0.1, -0.05) is 238 Å². The average Bonchev–Trinajstić information content (AvgIpc) is 3.22. The van der Waals surface area contributed by atoms with Gasteiger partial charge in [0, 0.05) is 12.8 Å². The van der Waals surface area contributed by atoms with Gasteiger partial charge in [-0.25, -0.2) is 0 Å². The van der Waals surface area contributed by atoms with Crippen molar-refractivity contribution >= 4 is 11.9 Å². The molecule has 0 fully saturated rings. The van der Waals surface area contributed by atoms with Gasteiger partial charge in [-0.2, -0.15) is 0 Å². The van der Waals surface area contributed by atoms with Crippen LogP contribution in [0.25, 0.3) is 0 Å². The van der Waals surface area contributed by atoms with Gasteiger partial charge in [0.05, 0.1) is 25.4 Å². The summed E-state index contributed by atoms with van der Waals surface area (Å²) in [6, 6.07) is -0.555. The summed E-state index contributed by atoms with van der Waals surface area (Å²) in [6.45, 7) is 4.88. The standard InChI is InChI=1S/C52H101NO5/c1-3-5-7-9-11-13-15-16-17-18-19-20-21-22-25-28-32-36-40-44-50(55)49(48-54)53-51(56)45-41-37-33-29-26-23-27-31-35-39-43-47-58-52(57)46-42-38-34-30-24-14-12-10-8-6-4-2/h10,12,49-50,54-55H,3-9,11,13-48H2,1-2H3,(H,53,56)/b12-10-. The Morgan fingerprint density at radius 3 is 1.28 bits per heavy atom. The third kappa shape index (κ3) is 44.2. The first-order chi connectivity index (χ1) is 28.5. The first kappa shape index (κ1) is 56.6. The van der Waals surface area contributed by atoms with Gasteiger partial charge in [0.15, 0.2) is 0 Å². The van der Waals surface area contributed by atoms with Crippen molar-refractivity contribution in [2.75, 3.05) is 13.2 Å². The highest BCUT2D eigenvalue weighted by molar-refractivity contribution is 5.76. The van der Waals surface area contributed by atoms with Crippen molar-refractivity contribution in [1.29, 1.82) is 0 Å². The lowest BCUT2D eigenvalue weighted by Crippen LogP contribution is -2.45. The molecule has 3 N–H and O–H groups in total. The highest BCUT2D eigenvalue weighted by Gasteiger charge is 2.20. The van der Waals surface area contributed by atoms with Crippen molar-refractivity contribution in [3.05, 3.63) is 12.2 Å². The fraction of sp³-hybridized carbons (Fsp3) is 0.923. The van der Waals surface area contributed by atoms with Gasteiger partial charge in [0.25, 0.3) is 0 Å². The maximum absolute atomic E-state index is 12.5. The van der Waals surface area contributed by atoms with Crippen molar-refractivity contribution < 1.29 is 24.5 Å². The Balaban J connectivity index is 3.48. The van der Waals surface area contributed by atoms with Crippen LogP contribution in [0.3, 0.4) is 0 Å². The molecule has 0 aromatic rings. The Kier molecular flexibility index (Phi) is 47.1. The highest BCUT2D eigenvalue weighted by atomic mass is 16.5. The van der Waals surface area contributed by atoms with Crippen LogP contribution >= 0.6 is 0 Å². The molecule has 0 aromatic carbocycles. The molecule has 1 amide bonds. The molecule has 2 unspecified atom stereocenters. The van der Waals surface area contributed by atoms with Crippen LogP contribution in [0.2, 0.25) is 0 Å². The van der Waals surface area contributed by atoms with Gasteiger partial charge in [-0.3, -0.25) is 9.59 Å². The van der Waals surface area contributed by atoms with Crippen LogP contribution in [-0.2, 0) is 14.3 Å². The SMILES string of the molecule is CCCC/C=C\CCCCCCCC(=O)OCCCCCCCCCCCCCC(=O)NC(CO)C(O)CCCCCCCCCCCCCCCCCCCCC. The third-order valence-electron chi connectivity index (χ3n) is 12.1. The number of hydrogen-bond acceptors (Lipinski definition) is 5. The Hall–Kier alpha value is -1.40. The molecule has 0 saturated carbocycles. The largest absolute Gasteiger partial charge is 0.466 e. The number of amides is 1. The van der Waals surface area contributed by atoms with Gasteiger partial charge in [0.1, 0.15) is 0 Å². The van der Waals surface area contributed by atoms with Crippen LogP contribution in [0, 0.1) is 0 Å². The summed E-state index contributed by atoms with van der Waals surface area (Å²) in [5, 5.41) is 23.3. The van der Waals surface area contributed by atoms with E-state index in [9.17, 15) is 19.8 Å². The molecule has 0 aliphatic rings. The van der Waals surface area contributed by atoms with Crippen molar-refractivity contribution in [3.8, 4) is 0 Å². The van der Waals surface area contributed by atoms with Gasteiger partial charge in [-0.05, 0) is 44.9 Å². The summed E-state index contributed by atoms with van der Waals surface area (Å²) < 4.78 is 5.43. The summed E-state index contributed by atoms with van der Waals surface area (Å²) in [5.74, 6) is -0.0764. The number of aliphatic hydroxyl groups excluding tert-OH is 2. The summed E-state index contributed by atoms with van der Waals surface area (Å²) in [5.41, 5.74) is 0. The second-order valence-electron chi connectivity index (χ2n) is 17.9. The molecule has 0 saturated heterocycles. The van der Waals surface area contributed by atoms with Gasteiger partial charge in [0.2, 0.25) is 5.91 Å². The second-order valence-corrected chi connectivity index (χ2v) is 17.9. The molecule has 6 heteroatoms. The molecule has 0 rings (SSSR count). The maximum Gasteiger partial charge on any atom is 0.305 e. The van der Waals surface area contributed by atoms with E-state index >= 15 is 0 Å². The highest BCUT2D eigenvalue weighted by Crippen LogP contribution is 2.17. The van der Waals surface area contributed by atoms with E-state index in [-0.39, 0.29) is 18.5 Å². The number of ether oxygens (including phenoxy) is 1. The van der Waals surface area contributed by atoms with Crippen molar-refractivity contribution in [2.45, 2.75) is 296 Å². The Labute approximate surface area is 361 Å². The summed E-state index contributed by atoms with van der Waals surface area (Å²) in [7, 11) is 0. The predicted octanol–water partition coefficient (Wildman–Crippen LogP) is 15.3. The number of allylic oxidation sites excluding steroid dienone is 2. The Bertz CT molecular complexity index is 863. The van der Waals surface area contributed by atoms with Crippen molar-refractivity contribution in [3.63, 3.8) is 0 Å². The minimum Gasteiger partial charge on any atom is -0.466 e. The fourth-order valence-corrected chi connectivity index (χ4v) is 8.03. The van der Waals surface area contributed by atoms with Crippen LogP contribution in [0.4, 0.5) is 0 Å². The van der Waals surface area contributed by atoms with Crippen LogP contribution in [0.15, 0.2) is 12.2 Å². The van der Waals surface area contributed by atoms with Crippen LogP contribution in [0.1, 0.15) is 284 Å². The minimum atomic E-state index is -0.676. The molecule has 2 atom stereocenters. The number of carbonyl (C=O) groups excluding carboxylic acids is 2. The number of carbonyl (C=O) groups is 2. The van der Waals surface area contributed by atoms with Crippen molar-refractivity contribution in [1.82, 2.24) is 5.32 Å². The van der Waals surface area contributed by atoms with Gasteiger partial charge < -0.3 is 20.3 Å². The molecule has 344 valence electrons. The molecule has 6 nitrogen and oxygen atoms in total. The van der Waals surface area contributed by atoms with E-state index in [1.807, 2.05) is 0 Å². The monoisotopic (exact) mass is 820 g/mol. The Morgan fingerprint density at radius 1 is 0.466 bits per heavy atom. The number of rotatable bonds is 48. The normalized spacial score (nSPS) is 12.7. The van der Waals surface area contributed by atoms with E-state index in [0.717, 1.165) is 57.8 Å². The minimum absolute atomic E-state index is 0.0241. The smallest absolute Gasteiger partial charge is 0.305 e. The molecular weight excluding hydrogens is 719 g/mol. The molecule has 0 aliphatic carbocycles. The zero-order chi connectivity index (χ0) is 42.3. The number of unbranched alkanes of at least 4 members (excludes halogenated alkanes) is 35. The fourth-order valence-electron chi connectivity index (χ4n) is 8.03. The molecule has 0 bridgehead atoms. The van der Waals surface area contributed by atoms with Gasteiger partial charge in [-0.15, -0.1) is 0 Å². The lowest BCUT2D eigenvalue weighted by Gasteiger charge is -2.22. The van der Waals surface area contributed by atoms with E-state index in [1.165, 1.54) is 193 Å². The quantitative estimate of drug-likeness (QED) is 0.0323. The van der Waals surface area contributed by atoms with E-state index in [0.29, 0.717) is 25.9 Å². The van der Waals surface area contributed by atoms with E-state index in [2.05, 4.69) is 31.3 Å². The van der Waals surface area contributed by atoms with E-state index < -0.39 is 12.1 Å². The first-order valence-corrected chi connectivity index (χ1v) is 25.9. The Morgan fingerprint density at radius 2 is 0.828 bits per heavy atom. The zero-order valence-electron chi connectivity index (χ0n) is 39.0. The summed E-state index contributed by atoms with van der Waals surface area (Å²) in [4.78, 5) is 24.4. The topological polar surface area (TPSA) is 95.9 Å². The molecule has 0 radical (unpaired) electrons. The number of esters is 1. The second kappa shape index (κ2) is 48.3. The summed E-state index contributed by atoms with van der Waals surface area (Å²) >= 11 is 0. The predicted molar refractivity (Wildman–Crippen MR) is 250 cm³/mol. The molecule has 0 spiro atoms. The van der Waals surface area contributed by atoms with Crippen LogP contribution in [0.5, 0.6) is 0 Å². The zero-order valence-corrected chi connectivity index (χ0v) is 39.0. The van der Waals surface area contributed by atoms with Crippen LogP contribution in [-0.4, -0.2) is 47.4 Å². The molecular formula is C52H101NO5. The van der Waals surface area contributed by atoms with Gasteiger partial charge >= 0.3 is 5.97 Å². The average molecular weight is 820 g/mol. The molecule has 0 aromatic heterocycles. The third-order valence-corrected chi connectivity index (χ3v) is 12.1. The lowest BCUT2D eigenvalue weighted by molar-refractivity contribution is -0.143. The van der Waals surface area contributed by atoms with E-state index in [1.54, 1.807) is 0 Å². The number of nitrogens with one attached hydrogen (secondary N) is 1. The summed E-state index contributed by atoms with van der Waals surface area (Å²) in [6.07, 6.45) is 54.6. The molecule has 0 aliphatic heterocycles. The van der Waals surface area contributed by atoms with E-state index in [4.69, 9.17) is 4.74 Å². The number of hydrogen-bond donors (Lipinski definition) is 3. The van der Waals surface area contributed by atoms with Crippen LogP contribution < -0.4 is 5.32 Å². The number of aliphatic hydroxyl groups is 2. The molecule has 58 heavy (non-hydrogen) atoms. The maximum atomic E-state index is 12.5.